The van der Waals surface area contributed by atoms with E-state index in [2.05, 4.69) is 0 Å². The zero-order valence-electron chi connectivity index (χ0n) is 5.94. The largest absolute Gasteiger partial charge is 0.284 e. The predicted molar refractivity (Wildman–Crippen MR) is 53.2 cm³/mol. The van der Waals surface area contributed by atoms with Crippen LogP contribution in [0.1, 0.15) is 13.8 Å². The second-order valence-electron chi connectivity index (χ2n) is 2.43. The molecule has 1 nitrogen and oxygen atoms in total. The highest BCUT2D eigenvalue weighted by atomic mass is 35.9. The van der Waals surface area contributed by atoms with Crippen LogP contribution in [0.15, 0.2) is 10.8 Å². The maximum Gasteiger partial charge on any atom is 0.280 e. The van der Waals surface area contributed by atoms with E-state index in [0.717, 1.165) is 5.54 Å². The lowest BCUT2D eigenvalue weighted by Gasteiger charge is -2.19. The van der Waals surface area contributed by atoms with Gasteiger partial charge in [0.25, 0.3) is 5.85 Å². The summed E-state index contributed by atoms with van der Waals surface area (Å²) in [5.41, 5.74) is 1.06. The minimum atomic E-state index is -3.36. The first kappa shape index (κ1) is 12.1. The molecule has 0 heterocycles. The van der Waals surface area contributed by atoms with E-state index in [1.54, 1.807) is 13.8 Å². The maximum absolute atomic E-state index is 11.1. The fourth-order valence-corrected chi connectivity index (χ4v) is 4.50. The Labute approximate surface area is 85.6 Å². The Morgan fingerprint density at radius 1 is 1.45 bits per heavy atom. The smallest absolute Gasteiger partial charge is 0.280 e. The van der Waals surface area contributed by atoms with E-state index in [0.29, 0.717) is 0 Å². The monoisotopic (exact) mass is 254 g/mol. The van der Waals surface area contributed by atoms with Crippen LogP contribution in [0.25, 0.3) is 0 Å². The summed E-state index contributed by atoms with van der Waals surface area (Å²) < 4.78 is 11.1. The van der Waals surface area contributed by atoms with Gasteiger partial charge in [-0.25, -0.2) is 0 Å². The van der Waals surface area contributed by atoms with Crippen molar-refractivity contribution in [3.05, 3.63) is 10.8 Å². The molecule has 0 saturated carbocycles. The molecule has 0 atom stereocenters. The number of rotatable bonds is 2. The van der Waals surface area contributed by atoms with Crippen LogP contribution in [0, 0.1) is 0 Å². The minimum absolute atomic E-state index is 0.150. The molecule has 11 heavy (non-hydrogen) atoms. The van der Waals surface area contributed by atoms with Crippen LogP contribution in [0.4, 0.5) is 0 Å². The van der Waals surface area contributed by atoms with Gasteiger partial charge in [0.1, 0.15) is 0 Å². The molecule has 0 aromatic heterocycles. The average molecular weight is 256 g/mol. The van der Waals surface area contributed by atoms with E-state index in [1.165, 1.54) is 0 Å². The van der Waals surface area contributed by atoms with Gasteiger partial charge in [-0.1, -0.05) is 11.6 Å². The number of hydrogen-bond acceptors (Lipinski definition) is 1. The SMILES string of the molecule is CC(C)(Cl)/C(=C\Cl)P(=O)(Cl)Cl. The molecule has 0 spiro atoms. The van der Waals surface area contributed by atoms with Crippen molar-refractivity contribution in [2.45, 2.75) is 18.7 Å². The molecule has 0 saturated heterocycles. The molecule has 0 N–H and O–H groups in total. The van der Waals surface area contributed by atoms with E-state index in [-0.39, 0.29) is 5.31 Å². The summed E-state index contributed by atoms with van der Waals surface area (Å²) in [6, 6.07) is 0. The third-order valence-corrected chi connectivity index (χ3v) is 4.04. The van der Waals surface area contributed by atoms with Crippen molar-refractivity contribution in [2.24, 2.45) is 0 Å². The molecule has 0 unspecified atom stereocenters. The Hall–Kier alpha value is 1.13. The highest BCUT2D eigenvalue weighted by Gasteiger charge is 2.33. The topological polar surface area (TPSA) is 17.1 Å². The summed E-state index contributed by atoms with van der Waals surface area (Å²) in [4.78, 5) is -0.874. The van der Waals surface area contributed by atoms with Crippen LogP contribution < -0.4 is 0 Å². The standard InChI is InChI=1S/C5H7Cl4OP/c1-5(2,7)4(3-6)11(8,9)10/h3H,1-2H3/b4-3+. The van der Waals surface area contributed by atoms with Crippen molar-refractivity contribution in [2.75, 3.05) is 0 Å². The van der Waals surface area contributed by atoms with Crippen molar-refractivity contribution in [3.8, 4) is 0 Å². The quantitative estimate of drug-likeness (QED) is 0.514. The molecule has 0 fully saturated rings. The highest BCUT2D eigenvalue weighted by molar-refractivity contribution is 8.11. The fourth-order valence-electron chi connectivity index (χ4n) is 0.496. The van der Waals surface area contributed by atoms with Gasteiger partial charge < -0.3 is 0 Å². The third-order valence-electron chi connectivity index (χ3n) is 0.993. The molecule has 0 aliphatic heterocycles. The van der Waals surface area contributed by atoms with Gasteiger partial charge in [0.05, 0.1) is 4.87 Å². The summed E-state index contributed by atoms with van der Waals surface area (Å²) >= 11 is 21.9. The molecule has 6 heteroatoms. The lowest BCUT2D eigenvalue weighted by Crippen LogP contribution is -2.11. The van der Waals surface area contributed by atoms with Crippen molar-refractivity contribution in [3.63, 3.8) is 0 Å². The first-order valence-electron chi connectivity index (χ1n) is 2.69. The van der Waals surface area contributed by atoms with E-state index in [9.17, 15) is 4.57 Å². The van der Waals surface area contributed by atoms with Gasteiger partial charge in [-0.15, -0.1) is 11.6 Å². The lowest BCUT2D eigenvalue weighted by atomic mass is 10.2. The van der Waals surface area contributed by atoms with Gasteiger partial charge in [-0.05, 0) is 36.3 Å². The van der Waals surface area contributed by atoms with Crippen LogP contribution in [0.5, 0.6) is 0 Å². The van der Waals surface area contributed by atoms with Gasteiger partial charge in [0, 0.05) is 10.8 Å². The Balaban J connectivity index is 4.90. The molecule has 0 rings (SSSR count). The molecule has 0 aromatic carbocycles. The number of hydrogen-bond donors (Lipinski definition) is 0. The summed E-state index contributed by atoms with van der Waals surface area (Å²) in [6.07, 6.45) is 0. The molecular weight excluding hydrogens is 249 g/mol. The molecule has 0 aliphatic rings. The second kappa shape index (κ2) is 3.89. The predicted octanol–water partition coefficient (Wildman–Crippen LogP) is 4.75. The van der Waals surface area contributed by atoms with Gasteiger partial charge in [0.15, 0.2) is 0 Å². The van der Waals surface area contributed by atoms with Crippen molar-refractivity contribution < 1.29 is 4.57 Å². The van der Waals surface area contributed by atoms with Crippen LogP contribution in [-0.2, 0) is 4.57 Å². The summed E-state index contributed by atoms with van der Waals surface area (Å²) in [7, 11) is 0. The molecule has 0 aromatic rings. The second-order valence-corrected chi connectivity index (χ2v) is 8.37. The number of alkyl halides is 1. The first-order chi connectivity index (χ1) is 4.69. The molecule has 66 valence electrons. The minimum Gasteiger partial charge on any atom is -0.284 e. The molecule has 0 radical (unpaired) electrons. The van der Waals surface area contributed by atoms with E-state index in [4.69, 9.17) is 45.7 Å². The van der Waals surface area contributed by atoms with Crippen LogP contribution in [0.3, 0.4) is 0 Å². The van der Waals surface area contributed by atoms with Gasteiger partial charge >= 0.3 is 0 Å². The summed E-state index contributed by atoms with van der Waals surface area (Å²) in [6.45, 7) is 3.22. The van der Waals surface area contributed by atoms with Crippen LogP contribution in [0.2, 0.25) is 0 Å². The maximum atomic E-state index is 11.1. The van der Waals surface area contributed by atoms with Gasteiger partial charge in [-0.3, -0.25) is 4.57 Å². The van der Waals surface area contributed by atoms with Gasteiger partial charge in [0.2, 0.25) is 0 Å². The molecule has 0 aliphatic carbocycles. The van der Waals surface area contributed by atoms with Gasteiger partial charge in [-0.2, -0.15) is 0 Å². The van der Waals surface area contributed by atoms with Crippen molar-refractivity contribution in [1.82, 2.24) is 0 Å². The highest BCUT2D eigenvalue weighted by Crippen LogP contribution is 2.67. The summed E-state index contributed by atoms with van der Waals surface area (Å²) in [5.74, 6) is -3.36. The van der Waals surface area contributed by atoms with Crippen LogP contribution >= 0.6 is 51.5 Å². The van der Waals surface area contributed by atoms with Crippen molar-refractivity contribution in [1.29, 1.82) is 0 Å². The van der Waals surface area contributed by atoms with Crippen LogP contribution in [-0.4, -0.2) is 4.87 Å². The Kier molecular flexibility index (Phi) is 4.29. The Morgan fingerprint density at radius 2 is 1.82 bits per heavy atom. The average Bonchev–Trinajstić information content (AvgIpc) is 1.56. The van der Waals surface area contributed by atoms with Crippen molar-refractivity contribution >= 4 is 51.5 Å². The molecule has 0 bridgehead atoms. The Bertz CT molecular complexity index is 211. The number of allylic oxidation sites excluding steroid dienone is 1. The molecule has 0 amide bonds. The Morgan fingerprint density at radius 3 is 1.82 bits per heavy atom. The lowest BCUT2D eigenvalue weighted by molar-refractivity contribution is 0.593. The first-order valence-corrected chi connectivity index (χ1v) is 7.02. The molecular formula is C5H7Cl4OP. The van der Waals surface area contributed by atoms with E-state index in [1.807, 2.05) is 0 Å². The summed E-state index contributed by atoms with van der Waals surface area (Å²) in [5, 5.41) is 0.150. The number of halogens is 4. The van der Waals surface area contributed by atoms with E-state index >= 15 is 0 Å². The zero-order chi connectivity index (χ0) is 9.28. The van der Waals surface area contributed by atoms with E-state index < -0.39 is 10.7 Å². The third kappa shape index (κ3) is 4.05. The zero-order valence-corrected chi connectivity index (χ0v) is 9.86. The fraction of sp³-hybridized carbons (Fsp3) is 0.600. The normalized spacial score (nSPS) is 15.3.